The van der Waals surface area contributed by atoms with E-state index in [2.05, 4.69) is 0 Å². The Morgan fingerprint density at radius 3 is 2.16 bits per heavy atom. The van der Waals surface area contributed by atoms with E-state index in [0.29, 0.717) is 26.2 Å². The molecule has 0 aliphatic heterocycles. The molecule has 0 spiro atoms. The van der Waals surface area contributed by atoms with Crippen LogP contribution in [0.3, 0.4) is 0 Å². The maximum Gasteiger partial charge on any atom is 0.123 e. The molecular formula is C14H11Cl3FN. The second-order valence-electron chi connectivity index (χ2n) is 4.26. The molecule has 0 aliphatic carbocycles. The zero-order valence-electron chi connectivity index (χ0n) is 10.1. The van der Waals surface area contributed by atoms with Gasteiger partial charge in [0.05, 0.1) is 10.0 Å². The molecule has 2 aromatic carbocycles. The van der Waals surface area contributed by atoms with Crippen molar-refractivity contribution in [3.8, 4) is 11.1 Å². The van der Waals surface area contributed by atoms with Crippen LogP contribution in [-0.2, 0) is 0 Å². The quantitative estimate of drug-likeness (QED) is 0.780. The smallest absolute Gasteiger partial charge is 0.123 e. The van der Waals surface area contributed by atoms with Crippen LogP contribution >= 0.6 is 34.8 Å². The summed E-state index contributed by atoms with van der Waals surface area (Å²) in [6.45, 7) is 1.81. The van der Waals surface area contributed by atoms with Crippen molar-refractivity contribution in [1.82, 2.24) is 0 Å². The minimum absolute atomic E-state index is 0.265. The fraction of sp³-hybridized carbons (Fsp3) is 0.143. The molecule has 0 bridgehead atoms. The van der Waals surface area contributed by atoms with Gasteiger partial charge in [-0.3, -0.25) is 0 Å². The minimum Gasteiger partial charge on any atom is -0.324 e. The number of halogens is 4. The summed E-state index contributed by atoms with van der Waals surface area (Å²) in [5, 5.41) is 1.16. The van der Waals surface area contributed by atoms with Gasteiger partial charge in [-0.1, -0.05) is 40.9 Å². The second-order valence-corrected chi connectivity index (χ2v) is 5.52. The molecule has 1 unspecified atom stereocenters. The standard InChI is InChI=1S/C14H11Cl3FN/c1-7(19)10-3-2-9(18)6-11(10)14-12(16)4-8(15)5-13(14)17/h2-7H,19H2,1H3. The Morgan fingerprint density at radius 2 is 1.63 bits per heavy atom. The third kappa shape index (κ3) is 3.03. The van der Waals surface area contributed by atoms with Crippen LogP contribution in [0.4, 0.5) is 4.39 Å². The lowest BCUT2D eigenvalue weighted by atomic mass is 9.95. The first-order valence-electron chi connectivity index (χ1n) is 5.60. The van der Waals surface area contributed by atoms with E-state index in [9.17, 15) is 4.39 Å². The number of nitrogens with two attached hydrogens (primary N) is 1. The first-order valence-corrected chi connectivity index (χ1v) is 6.73. The van der Waals surface area contributed by atoms with E-state index in [1.807, 2.05) is 6.92 Å². The Kier molecular flexibility index (Phi) is 4.36. The van der Waals surface area contributed by atoms with E-state index in [1.165, 1.54) is 12.1 Å². The molecule has 0 aromatic heterocycles. The molecular weight excluding hydrogens is 308 g/mol. The van der Waals surface area contributed by atoms with Crippen molar-refractivity contribution in [1.29, 1.82) is 0 Å². The van der Waals surface area contributed by atoms with Gasteiger partial charge in [-0.05, 0) is 42.3 Å². The molecule has 1 atom stereocenters. The fourth-order valence-corrected chi connectivity index (χ4v) is 2.96. The summed E-state index contributed by atoms with van der Waals surface area (Å²) >= 11 is 18.2. The first kappa shape index (κ1) is 14.6. The Morgan fingerprint density at radius 1 is 1.05 bits per heavy atom. The topological polar surface area (TPSA) is 26.0 Å². The molecule has 0 amide bonds. The van der Waals surface area contributed by atoms with Gasteiger partial charge in [0.25, 0.3) is 0 Å². The molecule has 0 fully saturated rings. The molecule has 0 saturated heterocycles. The maximum absolute atomic E-state index is 13.5. The predicted molar refractivity (Wildman–Crippen MR) is 79.5 cm³/mol. The third-order valence-electron chi connectivity index (χ3n) is 2.78. The van der Waals surface area contributed by atoms with Crippen LogP contribution < -0.4 is 5.73 Å². The molecule has 0 radical (unpaired) electrons. The minimum atomic E-state index is -0.374. The molecule has 2 aromatic rings. The lowest BCUT2D eigenvalue weighted by molar-refractivity contribution is 0.626. The number of rotatable bonds is 2. The van der Waals surface area contributed by atoms with E-state index in [1.54, 1.807) is 18.2 Å². The third-order valence-corrected chi connectivity index (χ3v) is 3.60. The number of hydrogen-bond acceptors (Lipinski definition) is 1. The van der Waals surface area contributed by atoms with E-state index in [4.69, 9.17) is 40.5 Å². The number of benzene rings is 2. The Balaban J connectivity index is 2.75. The van der Waals surface area contributed by atoms with Gasteiger partial charge >= 0.3 is 0 Å². The van der Waals surface area contributed by atoms with Crippen molar-refractivity contribution >= 4 is 34.8 Å². The van der Waals surface area contributed by atoms with Gasteiger partial charge in [0.15, 0.2) is 0 Å². The van der Waals surface area contributed by atoms with Crippen LogP contribution in [0.5, 0.6) is 0 Å². The largest absolute Gasteiger partial charge is 0.324 e. The molecule has 19 heavy (non-hydrogen) atoms. The highest BCUT2D eigenvalue weighted by Gasteiger charge is 2.16. The van der Waals surface area contributed by atoms with E-state index in [-0.39, 0.29) is 11.9 Å². The van der Waals surface area contributed by atoms with Gasteiger partial charge in [0.1, 0.15) is 5.82 Å². The van der Waals surface area contributed by atoms with Crippen molar-refractivity contribution in [3.63, 3.8) is 0 Å². The number of hydrogen-bond donors (Lipinski definition) is 1. The van der Waals surface area contributed by atoms with Gasteiger partial charge < -0.3 is 5.73 Å². The predicted octanol–water partition coefficient (Wildman–Crippen LogP) is 5.47. The lowest BCUT2D eigenvalue weighted by Gasteiger charge is -2.15. The summed E-state index contributed by atoms with van der Waals surface area (Å²) in [7, 11) is 0. The Hall–Kier alpha value is -0.800. The van der Waals surface area contributed by atoms with Crippen molar-refractivity contribution < 1.29 is 4.39 Å². The van der Waals surface area contributed by atoms with Gasteiger partial charge in [0, 0.05) is 16.6 Å². The summed E-state index contributed by atoms with van der Waals surface area (Å²) < 4.78 is 13.5. The molecule has 100 valence electrons. The highest BCUT2D eigenvalue weighted by Crippen LogP contribution is 2.40. The molecule has 5 heteroatoms. The SMILES string of the molecule is CC(N)c1ccc(F)cc1-c1c(Cl)cc(Cl)cc1Cl. The second kappa shape index (κ2) is 5.68. The highest BCUT2D eigenvalue weighted by atomic mass is 35.5. The van der Waals surface area contributed by atoms with Gasteiger partial charge in [-0.15, -0.1) is 0 Å². The van der Waals surface area contributed by atoms with Crippen LogP contribution in [-0.4, -0.2) is 0 Å². The van der Waals surface area contributed by atoms with Crippen LogP contribution in [0, 0.1) is 5.82 Å². The van der Waals surface area contributed by atoms with Crippen LogP contribution in [0.15, 0.2) is 30.3 Å². The molecule has 2 rings (SSSR count). The normalized spacial score (nSPS) is 12.5. The highest BCUT2D eigenvalue weighted by molar-refractivity contribution is 6.41. The Bertz CT molecular complexity index is 603. The monoisotopic (exact) mass is 317 g/mol. The van der Waals surface area contributed by atoms with Crippen LogP contribution in [0.25, 0.3) is 11.1 Å². The van der Waals surface area contributed by atoms with Gasteiger partial charge in [-0.2, -0.15) is 0 Å². The van der Waals surface area contributed by atoms with Gasteiger partial charge in [-0.25, -0.2) is 4.39 Å². The molecule has 0 aliphatic rings. The van der Waals surface area contributed by atoms with Crippen molar-refractivity contribution in [2.45, 2.75) is 13.0 Å². The lowest BCUT2D eigenvalue weighted by Crippen LogP contribution is -2.07. The average Bonchev–Trinajstić information content (AvgIpc) is 2.27. The maximum atomic E-state index is 13.5. The summed E-state index contributed by atoms with van der Waals surface area (Å²) in [6, 6.07) is 7.25. The Labute approximate surface area is 126 Å². The summed E-state index contributed by atoms with van der Waals surface area (Å²) in [5.41, 5.74) is 7.79. The van der Waals surface area contributed by atoms with E-state index in [0.717, 1.165) is 5.56 Å². The summed E-state index contributed by atoms with van der Waals surface area (Å²) in [6.07, 6.45) is 0. The van der Waals surface area contributed by atoms with Crippen molar-refractivity contribution in [3.05, 3.63) is 56.8 Å². The first-order chi connectivity index (χ1) is 8.90. The average molecular weight is 319 g/mol. The molecule has 1 nitrogen and oxygen atoms in total. The van der Waals surface area contributed by atoms with Gasteiger partial charge in [0.2, 0.25) is 0 Å². The molecule has 0 heterocycles. The van der Waals surface area contributed by atoms with Crippen LogP contribution in [0.1, 0.15) is 18.5 Å². The van der Waals surface area contributed by atoms with E-state index >= 15 is 0 Å². The van der Waals surface area contributed by atoms with Crippen LogP contribution in [0.2, 0.25) is 15.1 Å². The summed E-state index contributed by atoms with van der Waals surface area (Å²) in [5.74, 6) is -0.374. The summed E-state index contributed by atoms with van der Waals surface area (Å²) in [4.78, 5) is 0. The van der Waals surface area contributed by atoms with E-state index < -0.39 is 0 Å². The zero-order valence-corrected chi connectivity index (χ0v) is 12.3. The molecule has 0 saturated carbocycles. The van der Waals surface area contributed by atoms with Crippen molar-refractivity contribution in [2.75, 3.05) is 0 Å². The fourth-order valence-electron chi connectivity index (χ4n) is 1.94. The van der Waals surface area contributed by atoms with Crippen molar-refractivity contribution in [2.24, 2.45) is 5.73 Å². The molecule has 2 N–H and O–H groups in total. The zero-order chi connectivity index (χ0) is 14.2.